The molecular formula is C19H20F2N4O2. The number of anilines is 1. The van der Waals surface area contributed by atoms with Crippen molar-refractivity contribution in [3.63, 3.8) is 0 Å². The van der Waals surface area contributed by atoms with E-state index in [1.807, 2.05) is 0 Å². The average molecular weight is 374 g/mol. The first kappa shape index (κ1) is 18.9. The minimum Gasteiger partial charge on any atom is -0.395 e. The van der Waals surface area contributed by atoms with Gasteiger partial charge in [-0.3, -0.25) is 9.79 Å². The number of rotatable bonds is 7. The number of hydrogen-bond acceptors (Lipinski definition) is 5. The van der Waals surface area contributed by atoms with E-state index in [0.717, 1.165) is 6.07 Å². The second kappa shape index (κ2) is 8.70. The number of benzene rings is 2. The fourth-order valence-corrected chi connectivity index (χ4v) is 2.82. The number of aliphatic imine (C=N–C) groups is 1. The molecule has 3 rings (SSSR count). The lowest BCUT2D eigenvalue weighted by Gasteiger charge is -2.19. The van der Waals surface area contributed by atoms with Crippen LogP contribution < -0.4 is 16.0 Å². The molecule has 27 heavy (non-hydrogen) atoms. The van der Waals surface area contributed by atoms with Gasteiger partial charge in [-0.2, -0.15) is 0 Å². The van der Waals surface area contributed by atoms with E-state index in [4.69, 9.17) is 5.11 Å². The quantitative estimate of drug-likeness (QED) is 0.554. The van der Waals surface area contributed by atoms with E-state index in [2.05, 4.69) is 20.9 Å². The molecule has 0 saturated heterocycles. The summed E-state index contributed by atoms with van der Waals surface area (Å²) in [4.78, 5) is 16.7. The number of amides is 1. The fraction of sp³-hybridized carbons (Fsp3) is 0.263. The number of hydrogen-bond donors (Lipinski definition) is 4. The van der Waals surface area contributed by atoms with E-state index in [9.17, 15) is 13.6 Å². The highest BCUT2D eigenvalue weighted by Crippen LogP contribution is 2.30. The largest absolute Gasteiger partial charge is 0.395 e. The van der Waals surface area contributed by atoms with Gasteiger partial charge in [-0.15, -0.1) is 0 Å². The summed E-state index contributed by atoms with van der Waals surface area (Å²) >= 11 is 0. The summed E-state index contributed by atoms with van der Waals surface area (Å²) in [6.07, 6.45) is 0. The van der Waals surface area contributed by atoms with Crippen LogP contribution >= 0.6 is 0 Å². The Morgan fingerprint density at radius 2 is 2.00 bits per heavy atom. The number of aliphatic hydroxyl groups excluding tert-OH is 1. The van der Waals surface area contributed by atoms with Gasteiger partial charge in [-0.25, -0.2) is 8.78 Å². The normalized spacial score (nSPS) is 12.8. The SMILES string of the molecule is O=C(NCCNCCO)C1=NCNc2ccc(-c3cccc(F)c3F)cc21. The van der Waals surface area contributed by atoms with Crippen LogP contribution in [0, 0.1) is 11.6 Å². The standard InChI is InChI=1S/C19H20F2N4O2/c20-15-3-1-2-13(17(15)21)12-4-5-16-14(10-12)18(25-11-24-16)19(27)23-7-6-22-8-9-26/h1-5,10,22,24,26H,6-9,11H2,(H,23,27). The molecule has 0 unspecified atom stereocenters. The first-order valence-corrected chi connectivity index (χ1v) is 8.58. The third kappa shape index (κ3) is 4.29. The highest BCUT2D eigenvalue weighted by atomic mass is 19.2. The molecule has 2 aromatic rings. The molecule has 0 bridgehead atoms. The molecule has 1 aliphatic rings. The van der Waals surface area contributed by atoms with Crippen molar-refractivity contribution >= 4 is 17.3 Å². The van der Waals surface area contributed by atoms with Crippen LogP contribution in [-0.2, 0) is 4.79 Å². The van der Waals surface area contributed by atoms with Crippen LogP contribution in [0.5, 0.6) is 0 Å². The number of aliphatic hydroxyl groups is 1. The predicted molar refractivity (Wildman–Crippen MR) is 99.8 cm³/mol. The molecule has 4 N–H and O–H groups in total. The van der Waals surface area contributed by atoms with Crippen molar-refractivity contribution in [3.8, 4) is 11.1 Å². The lowest BCUT2D eigenvalue weighted by atomic mass is 9.97. The average Bonchev–Trinajstić information content (AvgIpc) is 2.69. The molecule has 8 heteroatoms. The molecular weight excluding hydrogens is 354 g/mol. The maximum Gasteiger partial charge on any atom is 0.270 e. The van der Waals surface area contributed by atoms with Gasteiger partial charge in [0.15, 0.2) is 11.6 Å². The zero-order chi connectivity index (χ0) is 19.2. The van der Waals surface area contributed by atoms with Crippen LogP contribution in [0.3, 0.4) is 0 Å². The number of fused-ring (bicyclic) bond motifs is 1. The van der Waals surface area contributed by atoms with Gasteiger partial charge in [-0.05, 0) is 23.8 Å². The van der Waals surface area contributed by atoms with E-state index in [0.29, 0.717) is 36.4 Å². The Balaban J connectivity index is 1.82. The topological polar surface area (TPSA) is 85.8 Å². The molecule has 2 aromatic carbocycles. The minimum absolute atomic E-state index is 0.0269. The third-order valence-corrected chi connectivity index (χ3v) is 4.13. The molecule has 142 valence electrons. The number of carbonyl (C=O) groups is 1. The fourth-order valence-electron chi connectivity index (χ4n) is 2.82. The number of carbonyl (C=O) groups excluding carboxylic acids is 1. The second-order valence-electron chi connectivity index (χ2n) is 5.93. The Bertz CT molecular complexity index is 871. The molecule has 6 nitrogen and oxygen atoms in total. The number of nitrogens with one attached hydrogen (secondary N) is 3. The first-order valence-electron chi connectivity index (χ1n) is 8.58. The van der Waals surface area contributed by atoms with Gasteiger partial charge in [0.2, 0.25) is 0 Å². The molecule has 0 radical (unpaired) electrons. The van der Waals surface area contributed by atoms with Crippen LogP contribution in [-0.4, -0.2) is 49.6 Å². The monoisotopic (exact) mass is 374 g/mol. The van der Waals surface area contributed by atoms with Gasteiger partial charge in [0.05, 0.1) is 6.61 Å². The van der Waals surface area contributed by atoms with E-state index >= 15 is 0 Å². The van der Waals surface area contributed by atoms with Crippen molar-refractivity contribution in [1.29, 1.82) is 0 Å². The maximum absolute atomic E-state index is 14.1. The summed E-state index contributed by atoms with van der Waals surface area (Å²) in [6, 6.07) is 9.00. The number of halogens is 2. The van der Waals surface area contributed by atoms with Crippen molar-refractivity contribution < 1.29 is 18.7 Å². The van der Waals surface area contributed by atoms with Gasteiger partial charge in [-0.1, -0.05) is 18.2 Å². The van der Waals surface area contributed by atoms with Crippen LogP contribution in [0.25, 0.3) is 11.1 Å². The van der Waals surface area contributed by atoms with Crippen LogP contribution in [0.15, 0.2) is 41.4 Å². The van der Waals surface area contributed by atoms with E-state index in [1.54, 1.807) is 18.2 Å². The zero-order valence-electron chi connectivity index (χ0n) is 14.6. The van der Waals surface area contributed by atoms with Gasteiger partial charge in [0.1, 0.15) is 12.4 Å². The molecule has 0 spiro atoms. The van der Waals surface area contributed by atoms with Gasteiger partial charge in [0, 0.05) is 36.4 Å². The van der Waals surface area contributed by atoms with Gasteiger partial charge < -0.3 is 21.1 Å². The number of nitrogens with zero attached hydrogens (tertiary/aromatic N) is 1. The van der Waals surface area contributed by atoms with Gasteiger partial charge in [0.25, 0.3) is 5.91 Å². The summed E-state index contributed by atoms with van der Waals surface area (Å²) in [5.41, 5.74) is 2.05. The summed E-state index contributed by atoms with van der Waals surface area (Å²) in [5.74, 6) is -2.20. The van der Waals surface area contributed by atoms with E-state index in [-0.39, 0.29) is 30.5 Å². The Kier molecular flexibility index (Phi) is 6.10. The van der Waals surface area contributed by atoms with Crippen LogP contribution in [0.2, 0.25) is 0 Å². The van der Waals surface area contributed by atoms with Crippen LogP contribution in [0.1, 0.15) is 5.56 Å². The zero-order valence-corrected chi connectivity index (χ0v) is 14.6. The molecule has 0 aromatic heterocycles. The van der Waals surface area contributed by atoms with Crippen molar-refractivity contribution in [2.75, 3.05) is 38.2 Å². The second-order valence-corrected chi connectivity index (χ2v) is 5.93. The molecule has 0 aliphatic carbocycles. The van der Waals surface area contributed by atoms with Crippen LogP contribution in [0.4, 0.5) is 14.5 Å². The lowest BCUT2D eigenvalue weighted by Crippen LogP contribution is -2.38. The maximum atomic E-state index is 14.1. The van der Waals surface area contributed by atoms with Crippen molar-refractivity contribution in [1.82, 2.24) is 10.6 Å². The lowest BCUT2D eigenvalue weighted by molar-refractivity contribution is -0.114. The van der Waals surface area contributed by atoms with E-state index in [1.165, 1.54) is 12.1 Å². The summed E-state index contributed by atoms with van der Waals surface area (Å²) in [7, 11) is 0. The Morgan fingerprint density at radius 1 is 1.15 bits per heavy atom. The van der Waals surface area contributed by atoms with Crippen molar-refractivity contribution in [3.05, 3.63) is 53.6 Å². The molecule has 1 amide bonds. The van der Waals surface area contributed by atoms with Gasteiger partial charge >= 0.3 is 0 Å². The summed E-state index contributed by atoms with van der Waals surface area (Å²) in [6.45, 7) is 1.62. The molecule has 1 aliphatic heterocycles. The Hall–Kier alpha value is -2.84. The highest BCUT2D eigenvalue weighted by Gasteiger charge is 2.21. The van der Waals surface area contributed by atoms with Crippen molar-refractivity contribution in [2.24, 2.45) is 4.99 Å². The van der Waals surface area contributed by atoms with Crippen molar-refractivity contribution in [2.45, 2.75) is 0 Å². The Labute approximate surface area is 155 Å². The third-order valence-electron chi connectivity index (χ3n) is 4.13. The summed E-state index contributed by atoms with van der Waals surface area (Å²) < 4.78 is 27.7. The molecule has 1 heterocycles. The molecule has 0 saturated carbocycles. The van der Waals surface area contributed by atoms with E-state index < -0.39 is 11.6 Å². The predicted octanol–water partition coefficient (Wildman–Crippen LogP) is 1.50. The smallest absolute Gasteiger partial charge is 0.270 e. The molecule has 0 fully saturated rings. The highest BCUT2D eigenvalue weighted by molar-refractivity contribution is 6.46. The minimum atomic E-state index is -0.931. The first-order chi connectivity index (χ1) is 13.1. The molecule has 0 atom stereocenters. The Morgan fingerprint density at radius 3 is 2.81 bits per heavy atom. The summed E-state index contributed by atoms with van der Waals surface area (Å²) in [5, 5.41) is 17.5.